The van der Waals surface area contributed by atoms with Crippen molar-refractivity contribution in [2.45, 2.75) is 33.0 Å². The molecule has 0 saturated heterocycles. The normalized spacial score (nSPS) is 10.9. The highest BCUT2D eigenvalue weighted by Crippen LogP contribution is 2.26. The van der Waals surface area contributed by atoms with Gasteiger partial charge < -0.3 is 9.84 Å². The highest BCUT2D eigenvalue weighted by Gasteiger charge is 2.20. The van der Waals surface area contributed by atoms with Crippen LogP contribution in [0.4, 0.5) is 16.2 Å². The van der Waals surface area contributed by atoms with Crippen LogP contribution in [0.25, 0.3) is 0 Å². The number of hydrogen-bond acceptors (Lipinski definition) is 5. The average Bonchev–Trinajstić information content (AvgIpc) is 2.25. The van der Waals surface area contributed by atoms with Crippen LogP contribution in [0.15, 0.2) is 18.2 Å². The van der Waals surface area contributed by atoms with Gasteiger partial charge in [-0.25, -0.2) is 4.79 Å². The Hall–Kier alpha value is -2.15. The molecule has 0 atom stereocenters. The fourth-order valence-corrected chi connectivity index (χ4v) is 1.44. The highest BCUT2D eigenvalue weighted by molar-refractivity contribution is 5.86. The molecule has 0 fully saturated rings. The predicted molar refractivity (Wildman–Crippen MR) is 68.9 cm³/mol. The number of hydrogen-bond donors (Lipinski definition) is 2. The number of nitrogens with one attached hydrogen (secondary N) is 1. The van der Waals surface area contributed by atoms with E-state index in [9.17, 15) is 20.0 Å². The Morgan fingerprint density at radius 2 is 2.11 bits per heavy atom. The van der Waals surface area contributed by atoms with Crippen molar-refractivity contribution in [3.63, 3.8) is 0 Å². The van der Waals surface area contributed by atoms with Gasteiger partial charge in [0.1, 0.15) is 5.60 Å². The van der Waals surface area contributed by atoms with Crippen LogP contribution in [0.5, 0.6) is 0 Å². The van der Waals surface area contributed by atoms with Crippen LogP contribution in [0.1, 0.15) is 26.3 Å². The molecule has 0 unspecified atom stereocenters. The smallest absolute Gasteiger partial charge is 0.412 e. The average molecular weight is 268 g/mol. The molecular formula is C12H16N2O5. The third-order valence-electron chi connectivity index (χ3n) is 2.14. The van der Waals surface area contributed by atoms with Crippen molar-refractivity contribution in [1.29, 1.82) is 0 Å². The molecule has 0 aliphatic heterocycles. The van der Waals surface area contributed by atoms with Crippen LogP contribution in [0.3, 0.4) is 0 Å². The maximum Gasteiger partial charge on any atom is 0.412 e. The molecule has 0 saturated carbocycles. The van der Waals surface area contributed by atoms with Crippen LogP contribution in [-0.4, -0.2) is 21.7 Å². The minimum absolute atomic E-state index is 0.0401. The van der Waals surface area contributed by atoms with Crippen LogP contribution < -0.4 is 5.32 Å². The van der Waals surface area contributed by atoms with Gasteiger partial charge in [-0.2, -0.15) is 0 Å². The van der Waals surface area contributed by atoms with Gasteiger partial charge in [0, 0.05) is 6.07 Å². The van der Waals surface area contributed by atoms with Gasteiger partial charge in [-0.3, -0.25) is 15.4 Å². The molecule has 0 bridgehead atoms. The van der Waals surface area contributed by atoms with Crippen molar-refractivity contribution < 1.29 is 19.6 Å². The first-order chi connectivity index (χ1) is 8.74. The third-order valence-corrected chi connectivity index (χ3v) is 2.14. The number of amides is 1. The summed E-state index contributed by atoms with van der Waals surface area (Å²) in [6.07, 6.45) is -0.734. The summed E-state index contributed by atoms with van der Waals surface area (Å²) in [6.45, 7) is 4.55. The summed E-state index contributed by atoms with van der Waals surface area (Å²) in [5.41, 5.74) is -0.732. The summed E-state index contributed by atoms with van der Waals surface area (Å²) in [7, 11) is 0. The second-order valence-electron chi connectivity index (χ2n) is 4.85. The third kappa shape index (κ3) is 4.22. The van der Waals surface area contributed by atoms with E-state index >= 15 is 0 Å². The van der Waals surface area contributed by atoms with Crippen molar-refractivity contribution >= 4 is 17.5 Å². The summed E-state index contributed by atoms with van der Waals surface area (Å²) in [5.74, 6) is 0. The summed E-state index contributed by atoms with van der Waals surface area (Å²) < 4.78 is 5.04. The van der Waals surface area contributed by atoms with E-state index in [1.807, 2.05) is 0 Å². The molecule has 0 aromatic heterocycles. The summed E-state index contributed by atoms with van der Waals surface area (Å²) >= 11 is 0. The zero-order valence-electron chi connectivity index (χ0n) is 11.0. The number of benzene rings is 1. The standard InChI is InChI=1S/C12H16N2O5/c1-12(2,3)19-11(16)13-9-5-4-6-10(14(17)18)8(9)7-15/h4-6,15H,7H2,1-3H3,(H,13,16). The van der Waals surface area contributed by atoms with E-state index in [0.29, 0.717) is 0 Å². The minimum Gasteiger partial charge on any atom is -0.444 e. The predicted octanol–water partition coefficient (Wildman–Crippen LogP) is 2.43. The highest BCUT2D eigenvalue weighted by atomic mass is 16.6. The second-order valence-corrected chi connectivity index (χ2v) is 4.85. The minimum atomic E-state index is -0.734. The lowest BCUT2D eigenvalue weighted by Crippen LogP contribution is -2.27. The first-order valence-electron chi connectivity index (χ1n) is 5.61. The van der Waals surface area contributed by atoms with Crippen molar-refractivity contribution in [3.05, 3.63) is 33.9 Å². The van der Waals surface area contributed by atoms with Gasteiger partial charge >= 0.3 is 6.09 Å². The Labute approximate surface area is 110 Å². The SMILES string of the molecule is CC(C)(C)OC(=O)Nc1cccc([N+](=O)[O-])c1CO. The molecule has 0 spiro atoms. The second kappa shape index (κ2) is 5.66. The molecule has 104 valence electrons. The number of carbonyl (C=O) groups excluding carboxylic acids is 1. The van der Waals surface area contributed by atoms with Crippen LogP contribution >= 0.6 is 0 Å². The van der Waals surface area contributed by atoms with Gasteiger partial charge in [-0.15, -0.1) is 0 Å². The van der Waals surface area contributed by atoms with Gasteiger partial charge in [0.2, 0.25) is 0 Å². The monoisotopic (exact) mass is 268 g/mol. The van der Waals surface area contributed by atoms with Crippen molar-refractivity contribution in [1.82, 2.24) is 0 Å². The van der Waals surface area contributed by atoms with E-state index in [1.165, 1.54) is 18.2 Å². The maximum absolute atomic E-state index is 11.6. The molecule has 0 aliphatic carbocycles. The van der Waals surface area contributed by atoms with Gasteiger partial charge in [0.05, 0.1) is 22.8 Å². The van der Waals surface area contributed by atoms with Crippen molar-refractivity contribution in [2.75, 3.05) is 5.32 Å². The Morgan fingerprint density at radius 3 is 2.58 bits per heavy atom. The Bertz CT molecular complexity index is 493. The molecule has 0 radical (unpaired) electrons. The van der Waals surface area contributed by atoms with Crippen LogP contribution in [0.2, 0.25) is 0 Å². The van der Waals surface area contributed by atoms with Crippen LogP contribution in [-0.2, 0) is 11.3 Å². The molecule has 1 aromatic carbocycles. The number of anilines is 1. The molecule has 0 heterocycles. The van der Waals surface area contributed by atoms with E-state index in [0.717, 1.165) is 0 Å². The van der Waals surface area contributed by atoms with E-state index in [4.69, 9.17) is 4.74 Å². The number of nitro benzene ring substituents is 1. The van der Waals surface area contributed by atoms with E-state index < -0.39 is 23.2 Å². The Morgan fingerprint density at radius 1 is 1.47 bits per heavy atom. The van der Waals surface area contributed by atoms with Crippen LogP contribution in [0, 0.1) is 10.1 Å². The fourth-order valence-electron chi connectivity index (χ4n) is 1.44. The van der Waals surface area contributed by atoms with E-state index in [-0.39, 0.29) is 16.9 Å². The number of aliphatic hydroxyl groups excluding tert-OH is 1. The maximum atomic E-state index is 11.6. The largest absolute Gasteiger partial charge is 0.444 e. The summed E-state index contributed by atoms with van der Waals surface area (Å²) in [6, 6.07) is 4.14. The molecule has 19 heavy (non-hydrogen) atoms. The zero-order valence-corrected chi connectivity index (χ0v) is 11.0. The molecule has 2 N–H and O–H groups in total. The lowest BCUT2D eigenvalue weighted by molar-refractivity contribution is -0.385. The molecule has 7 heteroatoms. The molecular weight excluding hydrogens is 252 g/mol. The first-order valence-corrected chi connectivity index (χ1v) is 5.61. The van der Waals surface area contributed by atoms with E-state index in [2.05, 4.69) is 5.32 Å². The quantitative estimate of drug-likeness (QED) is 0.647. The van der Waals surface area contributed by atoms with Gasteiger partial charge in [0.15, 0.2) is 0 Å². The molecule has 1 amide bonds. The lowest BCUT2D eigenvalue weighted by atomic mass is 10.1. The number of rotatable bonds is 3. The lowest BCUT2D eigenvalue weighted by Gasteiger charge is -2.20. The zero-order chi connectivity index (χ0) is 14.6. The topological polar surface area (TPSA) is 102 Å². The number of carbonyl (C=O) groups is 1. The summed E-state index contributed by atoms with van der Waals surface area (Å²) in [4.78, 5) is 21.8. The Balaban J connectivity index is 2.99. The molecule has 0 aliphatic rings. The van der Waals surface area contributed by atoms with Crippen molar-refractivity contribution in [3.8, 4) is 0 Å². The molecule has 1 rings (SSSR count). The number of ether oxygens (including phenoxy) is 1. The first kappa shape index (κ1) is 14.9. The number of aliphatic hydroxyl groups is 1. The Kier molecular flexibility index (Phi) is 4.44. The van der Waals surface area contributed by atoms with E-state index in [1.54, 1.807) is 20.8 Å². The fraction of sp³-hybridized carbons (Fsp3) is 0.417. The number of nitrogens with zero attached hydrogens (tertiary/aromatic N) is 1. The summed E-state index contributed by atoms with van der Waals surface area (Å²) in [5, 5.41) is 22.4. The molecule has 7 nitrogen and oxygen atoms in total. The van der Waals surface area contributed by atoms with Gasteiger partial charge in [-0.1, -0.05) is 6.07 Å². The molecule has 1 aromatic rings. The van der Waals surface area contributed by atoms with Crippen molar-refractivity contribution in [2.24, 2.45) is 0 Å². The van der Waals surface area contributed by atoms with Gasteiger partial charge in [-0.05, 0) is 26.8 Å². The van der Waals surface area contributed by atoms with Gasteiger partial charge in [0.25, 0.3) is 5.69 Å². The number of nitro groups is 1.